The minimum atomic E-state index is -0.487. The van der Waals surface area contributed by atoms with Crippen LogP contribution in [0, 0.1) is 11.8 Å². The van der Waals surface area contributed by atoms with Crippen molar-refractivity contribution in [1.29, 1.82) is 0 Å². The molecule has 2 fully saturated rings. The summed E-state index contributed by atoms with van der Waals surface area (Å²) in [6.45, 7) is 4.01. The molecule has 0 spiro atoms. The summed E-state index contributed by atoms with van der Waals surface area (Å²) in [6, 6.07) is 1.98. The summed E-state index contributed by atoms with van der Waals surface area (Å²) in [5.41, 5.74) is 1.48. The van der Waals surface area contributed by atoms with Crippen molar-refractivity contribution >= 4 is 16.9 Å². The van der Waals surface area contributed by atoms with Crippen molar-refractivity contribution < 1.29 is 5.11 Å². The van der Waals surface area contributed by atoms with Crippen molar-refractivity contribution in [3.05, 3.63) is 18.6 Å². The van der Waals surface area contributed by atoms with Crippen LogP contribution < -0.4 is 4.90 Å². The van der Waals surface area contributed by atoms with Gasteiger partial charge in [0.05, 0.1) is 11.1 Å². The lowest BCUT2D eigenvalue weighted by molar-refractivity contribution is -0.0597. The molecule has 4 rings (SSSR count). The van der Waals surface area contributed by atoms with Gasteiger partial charge in [-0.05, 0) is 31.2 Å². The van der Waals surface area contributed by atoms with Gasteiger partial charge in [0.25, 0.3) is 0 Å². The first-order chi connectivity index (χ1) is 10.2. The van der Waals surface area contributed by atoms with Crippen molar-refractivity contribution in [3.63, 3.8) is 0 Å². The monoisotopic (exact) mass is 286 g/mol. The third-order valence-electron chi connectivity index (χ3n) is 5.55. The van der Waals surface area contributed by atoms with E-state index in [1.54, 1.807) is 6.33 Å². The number of aromatic amines is 1. The van der Waals surface area contributed by atoms with E-state index in [1.165, 1.54) is 6.42 Å². The molecule has 0 bridgehead atoms. The molecule has 0 radical (unpaired) electrons. The van der Waals surface area contributed by atoms with Gasteiger partial charge < -0.3 is 15.0 Å². The van der Waals surface area contributed by atoms with Gasteiger partial charge in [0, 0.05) is 25.2 Å². The molecular formula is C16H22N4O. The average Bonchev–Trinajstić information content (AvgIpc) is 3.14. The van der Waals surface area contributed by atoms with Gasteiger partial charge in [-0.3, -0.25) is 0 Å². The van der Waals surface area contributed by atoms with E-state index in [4.69, 9.17) is 0 Å². The maximum absolute atomic E-state index is 10.9. The molecule has 2 aromatic heterocycles. The van der Waals surface area contributed by atoms with Gasteiger partial charge >= 0.3 is 0 Å². The first-order valence-corrected chi connectivity index (χ1v) is 7.96. The van der Waals surface area contributed by atoms with Crippen LogP contribution in [0.3, 0.4) is 0 Å². The first kappa shape index (κ1) is 13.1. The van der Waals surface area contributed by atoms with Crippen molar-refractivity contribution in [3.8, 4) is 0 Å². The van der Waals surface area contributed by atoms with Gasteiger partial charge in [0.2, 0.25) is 0 Å². The van der Waals surface area contributed by atoms with E-state index >= 15 is 0 Å². The predicted molar refractivity (Wildman–Crippen MR) is 82.2 cm³/mol. The number of aromatic nitrogens is 3. The first-order valence-electron chi connectivity index (χ1n) is 7.96. The number of rotatable bonds is 2. The molecule has 21 heavy (non-hydrogen) atoms. The highest BCUT2D eigenvalue weighted by Gasteiger charge is 2.48. The van der Waals surface area contributed by atoms with Crippen LogP contribution in [0.15, 0.2) is 18.6 Å². The molecule has 3 atom stereocenters. The molecule has 112 valence electrons. The maximum Gasteiger partial charge on any atom is 0.156 e. The fraction of sp³-hybridized carbons (Fsp3) is 0.625. The van der Waals surface area contributed by atoms with E-state index in [-0.39, 0.29) is 0 Å². The van der Waals surface area contributed by atoms with Crippen molar-refractivity contribution in [2.24, 2.45) is 11.8 Å². The Bertz CT molecular complexity index is 655. The largest absolute Gasteiger partial charge is 0.390 e. The van der Waals surface area contributed by atoms with Gasteiger partial charge in [-0.2, -0.15) is 0 Å². The van der Waals surface area contributed by atoms with Gasteiger partial charge in [-0.15, -0.1) is 0 Å². The van der Waals surface area contributed by atoms with Crippen molar-refractivity contribution in [1.82, 2.24) is 15.0 Å². The van der Waals surface area contributed by atoms with Gasteiger partial charge in [-0.1, -0.05) is 13.3 Å². The van der Waals surface area contributed by atoms with Gasteiger partial charge in [0.15, 0.2) is 5.82 Å². The van der Waals surface area contributed by atoms with E-state index in [9.17, 15) is 5.11 Å². The predicted octanol–water partition coefficient (Wildman–Crippen LogP) is 2.34. The molecule has 5 nitrogen and oxygen atoms in total. The van der Waals surface area contributed by atoms with Crippen LogP contribution in [-0.2, 0) is 0 Å². The molecular weight excluding hydrogens is 264 g/mol. The topological polar surface area (TPSA) is 65.0 Å². The number of fused-ring (bicyclic) bond motifs is 2. The number of nitrogens with zero attached hydrogens (tertiary/aromatic N) is 3. The quantitative estimate of drug-likeness (QED) is 0.889. The van der Waals surface area contributed by atoms with Gasteiger partial charge in [0.1, 0.15) is 11.8 Å². The Morgan fingerprint density at radius 2 is 2.33 bits per heavy atom. The Kier molecular flexibility index (Phi) is 2.92. The number of nitrogens with one attached hydrogen (secondary N) is 1. The molecule has 0 amide bonds. The van der Waals surface area contributed by atoms with E-state index in [2.05, 4.69) is 26.8 Å². The summed E-state index contributed by atoms with van der Waals surface area (Å²) in [4.78, 5) is 14.4. The average molecular weight is 286 g/mol. The minimum absolute atomic E-state index is 0.372. The summed E-state index contributed by atoms with van der Waals surface area (Å²) in [5, 5.41) is 10.9. The minimum Gasteiger partial charge on any atom is -0.390 e. The molecule has 2 N–H and O–H groups in total. The number of hydrogen-bond acceptors (Lipinski definition) is 4. The molecule has 1 saturated carbocycles. The van der Waals surface area contributed by atoms with E-state index in [1.807, 2.05) is 12.3 Å². The highest BCUT2D eigenvalue weighted by Crippen LogP contribution is 2.45. The number of hydrogen-bond donors (Lipinski definition) is 2. The normalized spacial score (nSPS) is 32.6. The van der Waals surface area contributed by atoms with E-state index in [0.717, 1.165) is 49.2 Å². The number of H-pyrrole nitrogens is 1. The van der Waals surface area contributed by atoms with Gasteiger partial charge in [-0.25, -0.2) is 9.97 Å². The second kappa shape index (κ2) is 4.70. The third kappa shape index (κ3) is 1.94. The zero-order chi connectivity index (χ0) is 14.4. The Morgan fingerprint density at radius 3 is 3.19 bits per heavy atom. The number of aliphatic hydroxyl groups is 1. The molecule has 1 aliphatic carbocycles. The molecule has 2 aliphatic rings. The van der Waals surface area contributed by atoms with Crippen LogP contribution in [-0.4, -0.2) is 38.7 Å². The van der Waals surface area contributed by atoms with Crippen LogP contribution in [0.25, 0.3) is 11.0 Å². The molecule has 0 aromatic carbocycles. The molecule has 1 aliphatic heterocycles. The zero-order valence-corrected chi connectivity index (χ0v) is 12.4. The Hall–Kier alpha value is -1.62. The third-order valence-corrected chi connectivity index (χ3v) is 5.55. The fourth-order valence-electron chi connectivity index (χ4n) is 4.34. The molecule has 5 heteroatoms. The van der Waals surface area contributed by atoms with Crippen LogP contribution >= 0.6 is 0 Å². The smallest absolute Gasteiger partial charge is 0.156 e. The molecule has 0 unspecified atom stereocenters. The summed E-state index contributed by atoms with van der Waals surface area (Å²) in [7, 11) is 0. The van der Waals surface area contributed by atoms with Crippen LogP contribution in [0.1, 0.15) is 32.6 Å². The van der Waals surface area contributed by atoms with E-state index in [0.29, 0.717) is 11.8 Å². The lowest BCUT2D eigenvalue weighted by atomic mass is 9.69. The SMILES string of the molecule is CC[C@]1(O)CCC[C@H]2CN(c3ncnc4cc[nH]c34)C[C@H]21. The van der Waals surface area contributed by atoms with Crippen LogP contribution in [0.4, 0.5) is 5.82 Å². The van der Waals surface area contributed by atoms with Crippen LogP contribution in [0.5, 0.6) is 0 Å². The summed E-state index contributed by atoms with van der Waals surface area (Å²) in [5.74, 6) is 1.94. The second-order valence-electron chi connectivity index (χ2n) is 6.56. The lowest BCUT2D eigenvalue weighted by Crippen LogP contribution is -2.44. The Balaban J connectivity index is 1.68. The molecule has 3 heterocycles. The Morgan fingerprint density at radius 1 is 1.43 bits per heavy atom. The molecule has 1 saturated heterocycles. The number of anilines is 1. The molecule has 2 aromatic rings. The van der Waals surface area contributed by atoms with Crippen molar-refractivity contribution in [2.75, 3.05) is 18.0 Å². The zero-order valence-electron chi connectivity index (χ0n) is 12.4. The van der Waals surface area contributed by atoms with E-state index < -0.39 is 5.60 Å². The standard InChI is InChI=1S/C16H22N4O/c1-2-16(21)6-3-4-11-8-20(9-12(11)16)15-14-13(5-7-17-14)18-10-19-15/h5,7,10-12,17,21H,2-4,6,8-9H2,1H3/t11-,12+,16-/m0/s1. The maximum atomic E-state index is 10.9. The Labute approximate surface area is 124 Å². The highest BCUT2D eigenvalue weighted by atomic mass is 16.3. The summed E-state index contributed by atoms with van der Waals surface area (Å²) in [6.07, 6.45) is 7.71. The summed E-state index contributed by atoms with van der Waals surface area (Å²) >= 11 is 0. The highest BCUT2D eigenvalue weighted by molar-refractivity contribution is 5.86. The fourth-order valence-corrected chi connectivity index (χ4v) is 4.34. The van der Waals surface area contributed by atoms with Crippen molar-refractivity contribution in [2.45, 2.75) is 38.2 Å². The summed E-state index contributed by atoms with van der Waals surface area (Å²) < 4.78 is 0. The second-order valence-corrected chi connectivity index (χ2v) is 6.56. The van der Waals surface area contributed by atoms with Crippen LogP contribution in [0.2, 0.25) is 0 Å². The lowest BCUT2D eigenvalue weighted by Gasteiger charge is -2.40.